The molecule has 1 aliphatic rings. The summed E-state index contributed by atoms with van der Waals surface area (Å²) in [6, 6.07) is 2.21. The average molecular weight is 268 g/mol. The van der Waals surface area contributed by atoms with Crippen molar-refractivity contribution >= 4 is 11.9 Å². The molecular formula is C12H13FN2O4. The van der Waals surface area contributed by atoms with Crippen molar-refractivity contribution in [3.63, 3.8) is 0 Å². The van der Waals surface area contributed by atoms with E-state index in [4.69, 9.17) is 9.84 Å². The second-order valence-corrected chi connectivity index (χ2v) is 4.17. The molecule has 0 saturated carbocycles. The van der Waals surface area contributed by atoms with Crippen LogP contribution in [0.2, 0.25) is 0 Å². The SMILES string of the molecule is O=C(O)CC1COCCN1C(=O)c1cccnc1F. The van der Waals surface area contributed by atoms with Gasteiger partial charge in [0.25, 0.3) is 5.91 Å². The second kappa shape index (κ2) is 5.75. The number of carbonyl (C=O) groups is 2. The van der Waals surface area contributed by atoms with Gasteiger partial charge in [0.1, 0.15) is 0 Å². The van der Waals surface area contributed by atoms with Crippen LogP contribution < -0.4 is 0 Å². The maximum Gasteiger partial charge on any atom is 0.305 e. The molecule has 1 fully saturated rings. The number of halogens is 1. The Morgan fingerprint density at radius 1 is 1.58 bits per heavy atom. The van der Waals surface area contributed by atoms with Crippen LogP contribution in [0, 0.1) is 5.95 Å². The Labute approximate surface area is 108 Å². The molecule has 19 heavy (non-hydrogen) atoms. The van der Waals surface area contributed by atoms with Crippen LogP contribution in [0.3, 0.4) is 0 Å². The Hall–Kier alpha value is -2.02. The monoisotopic (exact) mass is 268 g/mol. The van der Waals surface area contributed by atoms with E-state index in [0.717, 1.165) is 0 Å². The van der Waals surface area contributed by atoms with E-state index in [1.807, 2.05) is 0 Å². The van der Waals surface area contributed by atoms with Crippen LogP contribution in [0.15, 0.2) is 18.3 Å². The molecule has 0 aliphatic carbocycles. The molecule has 0 radical (unpaired) electrons. The maximum atomic E-state index is 13.5. The molecule has 2 heterocycles. The Morgan fingerprint density at radius 2 is 2.37 bits per heavy atom. The minimum Gasteiger partial charge on any atom is -0.481 e. The molecule has 1 atom stereocenters. The molecule has 0 bridgehead atoms. The smallest absolute Gasteiger partial charge is 0.305 e. The zero-order chi connectivity index (χ0) is 13.8. The fourth-order valence-electron chi connectivity index (χ4n) is 1.99. The number of hydrogen-bond acceptors (Lipinski definition) is 4. The van der Waals surface area contributed by atoms with E-state index in [1.54, 1.807) is 0 Å². The van der Waals surface area contributed by atoms with Crippen molar-refractivity contribution in [1.29, 1.82) is 0 Å². The summed E-state index contributed by atoms with van der Waals surface area (Å²) in [6.45, 7) is 0.689. The Morgan fingerprint density at radius 3 is 3.05 bits per heavy atom. The molecule has 1 aliphatic heterocycles. The summed E-state index contributed by atoms with van der Waals surface area (Å²) >= 11 is 0. The normalized spacial score (nSPS) is 19.2. The molecule has 1 aromatic heterocycles. The third-order valence-corrected chi connectivity index (χ3v) is 2.89. The predicted octanol–water partition coefficient (Wildman–Crippen LogP) is 0.536. The molecule has 102 valence electrons. The third kappa shape index (κ3) is 3.05. The minimum absolute atomic E-state index is 0.139. The van der Waals surface area contributed by atoms with Gasteiger partial charge in [0, 0.05) is 12.7 Å². The fourth-order valence-corrected chi connectivity index (χ4v) is 1.99. The highest BCUT2D eigenvalue weighted by Gasteiger charge is 2.31. The Balaban J connectivity index is 2.20. The second-order valence-electron chi connectivity index (χ2n) is 4.17. The van der Waals surface area contributed by atoms with Crippen molar-refractivity contribution in [2.75, 3.05) is 19.8 Å². The van der Waals surface area contributed by atoms with Crippen LogP contribution in [0.1, 0.15) is 16.8 Å². The van der Waals surface area contributed by atoms with Crippen LogP contribution in [0.5, 0.6) is 0 Å². The number of aliphatic carboxylic acids is 1. The van der Waals surface area contributed by atoms with Gasteiger partial charge in [-0.1, -0.05) is 0 Å². The molecule has 1 amide bonds. The van der Waals surface area contributed by atoms with Gasteiger partial charge in [-0.3, -0.25) is 9.59 Å². The van der Waals surface area contributed by atoms with Gasteiger partial charge >= 0.3 is 5.97 Å². The first-order chi connectivity index (χ1) is 9.09. The zero-order valence-electron chi connectivity index (χ0n) is 10.1. The molecule has 1 unspecified atom stereocenters. The van der Waals surface area contributed by atoms with Crippen LogP contribution in [-0.4, -0.2) is 52.7 Å². The largest absolute Gasteiger partial charge is 0.481 e. The summed E-state index contributed by atoms with van der Waals surface area (Å²) in [4.78, 5) is 27.7. The third-order valence-electron chi connectivity index (χ3n) is 2.89. The average Bonchev–Trinajstić information content (AvgIpc) is 2.38. The van der Waals surface area contributed by atoms with Gasteiger partial charge in [-0.25, -0.2) is 4.98 Å². The number of amides is 1. The van der Waals surface area contributed by atoms with E-state index < -0.39 is 23.9 Å². The summed E-state index contributed by atoms with van der Waals surface area (Å²) in [6.07, 6.45) is 1.02. The lowest BCUT2D eigenvalue weighted by atomic mass is 10.1. The molecule has 1 aromatic rings. The summed E-state index contributed by atoms with van der Waals surface area (Å²) in [5, 5.41) is 8.81. The van der Waals surface area contributed by atoms with E-state index >= 15 is 0 Å². The molecule has 0 spiro atoms. The predicted molar refractivity (Wildman–Crippen MR) is 62.1 cm³/mol. The number of carboxylic acids is 1. The van der Waals surface area contributed by atoms with Gasteiger partial charge in [0.15, 0.2) is 0 Å². The first-order valence-electron chi connectivity index (χ1n) is 5.80. The lowest BCUT2D eigenvalue weighted by Gasteiger charge is -2.34. The highest BCUT2D eigenvalue weighted by molar-refractivity contribution is 5.94. The summed E-state index contributed by atoms with van der Waals surface area (Å²) in [5.41, 5.74) is -0.153. The number of pyridine rings is 1. The summed E-state index contributed by atoms with van der Waals surface area (Å²) in [5.74, 6) is -2.44. The van der Waals surface area contributed by atoms with Crippen molar-refractivity contribution in [2.45, 2.75) is 12.5 Å². The van der Waals surface area contributed by atoms with Gasteiger partial charge in [0.2, 0.25) is 5.95 Å². The number of carbonyl (C=O) groups excluding carboxylic acids is 1. The zero-order valence-corrected chi connectivity index (χ0v) is 10.1. The number of rotatable bonds is 3. The number of ether oxygens (including phenoxy) is 1. The quantitative estimate of drug-likeness (QED) is 0.809. The highest BCUT2D eigenvalue weighted by atomic mass is 19.1. The fraction of sp³-hybridized carbons (Fsp3) is 0.417. The van der Waals surface area contributed by atoms with Crippen LogP contribution in [0.4, 0.5) is 4.39 Å². The van der Waals surface area contributed by atoms with Crippen LogP contribution in [0.25, 0.3) is 0 Å². The van der Waals surface area contributed by atoms with Crippen molar-refractivity contribution in [2.24, 2.45) is 0 Å². The number of morpholine rings is 1. The molecular weight excluding hydrogens is 255 g/mol. The number of carboxylic acid groups (broad SMARTS) is 1. The number of aromatic nitrogens is 1. The first kappa shape index (κ1) is 13.4. The Bertz CT molecular complexity index is 494. The topological polar surface area (TPSA) is 79.7 Å². The Kier molecular flexibility index (Phi) is 4.06. The lowest BCUT2D eigenvalue weighted by Crippen LogP contribution is -2.49. The number of nitrogens with zero attached hydrogens (tertiary/aromatic N) is 2. The van der Waals surface area contributed by atoms with Gasteiger partial charge in [-0.15, -0.1) is 0 Å². The molecule has 0 aromatic carbocycles. The molecule has 1 saturated heterocycles. The van der Waals surface area contributed by atoms with Crippen molar-refractivity contribution < 1.29 is 23.8 Å². The molecule has 7 heteroatoms. The molecule has 6 nitrogen and oxygen atoms in total. The summed E-state index contributed by atoms with van der Waals surface area (Å²) < 4.78 is 18.6. The first-order valence-corrected chi connectivity index (χ1v) is 5.80. The standard InChI is InChI=1S/C12H13FN2O4/c13-11-9(2-1-3-14-11)12(18)15-4-5-19-7-8(15)6-10(16)17/h1-3,8H,4-7H2,(H,16,17). The maximum absolute atomic E-state index is 13.5. The van der Waals surface area contributed by atoms with E-state index in [-0.39, 0.29) is 25.1 Å². The minimum atomic E-state index is -1.03. The van der Waals surface area contributed by atoms with Gasteiger partial charge in [0.05, 0.1) is 31.2 Å². The van der Waals surface area contributed by atoms with Gasteiger partial charge in [-0.2, -0.15) is 4.39 Å². The van der Waals surface area contributed by atoms with Crippen molar-refractivity contribution in [3.05, 3.63) is 29.8 Å². The molecule has 2 rings (SSSR count). The van der Waals surface area contributed by atoms with Crippen LogP contribution >= 0.6 is 0 Å². The number of hydrogen-bond donors (Lipinski definition) is 1. The lowest BCUT2D eigenvalue weighted by molar-refractivity contribution is -0.139. The highest BCUT2D eigenvalue weighted by Crippen LogP contribution is 2.16. The van der Waals surface area contributed by atoms with Crippen LogP contribution in [-0.2, 0) is 9.53 Å². The van der Waals surface area contributed by atoms with E-state index in [1.165, 1.54) is 23.2 Å². The van der Waals surface area contributed by atoms with E-state index in [9.17, 15) is 14.0 Å². The molecule has 1 N–H and O–H groups in total. The van der Waals surface area contributed by atoms with Crippen molar-refractivity contribution in [1.82, 2.24) is 9.88 Å². The summed E-state index contributed by atoms with van der Waals surface area (Å²) in [7, 11) is 0. The van der Waals surface area contributed by atoms with E-state index in [0.29, 0.717) is 6.61 Å². The van der Waals surface area contributed by atoms with Crippen molar-refractivity contribution in [3.8, 4) is 0 Å². The van der Waals surface area contributed by atoms with E-state index in [2.05, 4.69) is 4.98 Å². The van der Waals surface area contributed by atoms with Gasteiger partial charge < -0.3 is 14.7 Å². The van der Waals surface area contributed by atoms with Gasteiger partial charge in [-0.05, 0) is 12.1 Å².